The Balaban J connectivity index is 2.18. The molecule has 0 fully saturated rings. The summed E-state index contributed by atoms with van der Waals surface area (Å²) >= 11 is 0. The molecule has 8 heteroatoms. The largest absolute Gasteiger partial charge is 0.494 e. The van der Waals surface area contributed by atoms with Gasteiger partial charge in [0.2, 0.25) is 10.0 Å². The third-order valence-corrected chi connectivity index (χ3v) is 5.14. The Morgan fingerprint density at radius 2 is 2.04 bits per heavy atom. The molecule has 0 heterocycles. The molecule has 0 radical (unpaired) electrons. The van der Waals surface area contributed by atoms with Crippen molar-refractivity contribution in [3.8, 4) is 18.1 Å². The molecule has 0 aliphatic rings. The average molecular weight is 390 g/mol. The summed E-state index contributed by atoms with van der Waals surface area (Å²) in [5.74, 6) is 1.37. The molecule has 2 aromatic carbocycles. The lowest BCUT2D eigenvalue weighted by Gasteiger charge is -2.18. The Labute approximate surface area is 158 Å². The Bertz CT molecular complexity index is 983. The molecule has 27 heavy (non-hydrogen) atoms. The molecule has 0 bridgehead atoms. The highest BCUT2D eigenvalue weighted by Crippen LogP contribution is 2.19. The lowest BCUT2D eigenvalue weighted by molar-refractivity contribution is 0.0784. The summed E-state index contributed by atoms with van der Waals surface area (Å²) in [6, 6.07) is 10.0. The molecule has 0 spiro atoms. The summed E-state index contributed by atoms with van der Waals surface area (Å²) in [7, 11) is -0.891. The normalized spacial score (nSPS) is 10.9. The summed E-state index contributed by atoms with van der Waals surface area (Å²) in [6.45, 7) is -0.00445. The third kappa shape index (κ3) is 5.06. The molecular formula is C19H19FN2O4S. The van der Waals surface area contributed by atoms with Gasteiger partial charge in [-0.15, -0.1) is 6.42 Å². The molecule has 2 rings (SSSR count). The second kappa shape index (κ2) is 8.66. The van der Waals surface area contributed by atoms with E-state index in [9.17, 15) is 17.6 Å². The van der Waals surface area contributed by atoms with Gasteiger partial charge in [0.15, 0.2) is 11.6 Å². The first-order valence-electron chi connectivity index (χ1n) is 7.89. The van der Waals surface area contributed by atoms with E-state index in [-0.39, 0.29) is 29.3 Å². The number of nitrogens with one attached hydrogen (secondary N) is 1. The van der Waals surface area contributed by atoms with Crippen LogP contribution in [0.2, 0.25) is 0 Å². The molecule has 0 saturated heterocycles. The molecule has 0 aliphatic heterocycles. The van der Waals surface area contributed by atoms with Crippen LogP contribution in [0, 0.1) is 18.2 Å². The van der Waals surface area contributed by atoms with E-state index >= 15 is 0 Å². The van der Waals surface area contributed by atoms with Crippen molar-refractivity contribution in [2.24, 2.45) is 0 Å². The van der Waals surface area contributed by atoms with Crippen molar-refractivity contribution in [1.82, 2.24) is 9.62 Å². The number of benzene rings is 2. The maximum absolute atomic E-state index is 13.8. The fourth-order valence-corrected chi connectivity index (χ4v) is 3.37. The molecule has 0 aromatic heterocycles. The lowest BCUT2D eigenvalue weighted by atomic mass is 10.1. The van der Waals surface area contributed by atoms with Gasteiger partial charge >= 0.3 is 0 Å². The summed E-state index contributed by atoms with van der Waals surface area (Å²) in [5, 5.41) is 0. The van der Waals surface area contributed by atoms with Crippen LogP contribution in [0.5, 0.6) is 5.75 Å². The predicted octanol–water partition coefficient (Wildman–Crippen LogP) is 2.02. The Morgan fingerprint density at radius 3 is 2.67 bits per heavy atom. The average Bonchev–Trinajstić information content (AvgIpc) is 2.66. The third-order valence-electron chi connectivity index (χ3n) is 3.74. The SMILES string of the molecule is C#CCNS(=O)(=O)c1cccc(C(=O)N(C)Cc2ccc(OC)c(F)c2)c1. The number of amides is 1. The first-order valence-corrected chi connectivity index (χ1v) is 9.38. The maximum Gasteiger partial charge on any atom is 0.253 e. The highest BCUT2D eigenvalue weighted by molar-refractivity contribution is 7.89. The second-order valence-electron chi connectivity index (χ2n) is 5.69. The zero-order valence-electron chi connectivity index (χ0n) is 14.9. The number of sulfonamides is 1. The van der Waals surface area contributed by atoms with Crippen LogP contribution < -0.4 is 9.46 Å². The minimum absolute atomic E-state index is 0.0625. The van der Waals surface area contributed by atoms with E-state index in [2.05, 4.69) is 10.6 Å². The van der Waals surface area contributed by atoms with Crippen LogP contribution in [-0.4, -0.2) is 39.9 Å². The van der Waals surface area contributed by atoms with Crippen molar-refractivity contribution in [3.63, 3.8) is 0 Å². The maximum atomic E-state index is 13.8. The van der Waals surface area contributed by atoms with Gasteiger partial charge in [0.05, 0.1) is 18.6 Å². The number of halogens is 1. The van der Waals surface area contributed by atoms with Gasteiger partial charge in [0.1, 0.15) is 0 Å². The Hall–Kier alpha value is -2.89. The second-order valence-corrected chi connectivity index (χ2v) is 7.45. The molecule has 2 aromatic rings. The van der Waals surface area contributed by atoms with Crippen LogP contribution in [0.4, 0.5) is 4.39 Å². The number of hydrogen-bond acceptors (Lipinski definition) is 4. The number of ether oxygens (including phenoxy) is 1. The van der Waals surface area contributed by atoms with E-state index in [1.165, 1.54) is 48.4 Å². The van der Waals surface area contributed by atoms with Crippen molar-refractivity contribution in [2.75, 3.05) is 20.7 Å². The van der Waals surface area contributed by atoms with Crippen molar-refractivity contribution >= 4 is 15.9 Å². The first-order chi connectivity index (χ1) is 12.8. The van der Waals surface area contributed by atoms with Gasteiger partial charge in [-0.2, -0.15) is 4.72 Å². The van der Waals surface area contributed by atoms with Gasteiger partial charge in [-0.25, -0.2) is 12.8 Å². The topological polar surface area (TPSA) is 75.7 Å². The number of carbonyl (C=O) groups excluding carboxylic acids is 1. The predicted molar refractivity (Wildman–Crippen MR) is 99.2 cm³/mol. The smallest absolute Gasteiger partial charge is 0.253 e. The highest BCUT2D eigenvalue weighted by Gasteiger charge is 2.18. The molecule has 0 aliphatic carbocycles. The van der Waals surface area contributed by atoms with Crippen molar-refractivity contribution in [2.45, 2.75) is 11.4 Å². The van der Waals surface area contributed by atoms with Gasteiger partial charge in [-0.1, -0.05) is 18.1 Å². The highest BCUT2D eigenvalue weighted by atomic mass is 32.2. The first kappa shape index (κ1) is 20.4. The number of hydrogen-bond donors (Lipinski definition) is 1. The van der Waals surface area contributed by atoms with Gasteiger partial charge in [-0.05, 0) is 35.9 Å². The number of carbonyl (C=O) groups is 1. The minimum Gasteiger partial charge on any atom is -0.494 e. The van der Waals surface area contributed by atoms with Gasteiger partial charge < -0.3 is 9.64 Å². The van der Waals surface area contributed by atoms with E-state index in [4.69, 9.17) is 11.2 Å². The van der Waals surface area contributed by atoms with Crippen molar-refractivity contribution in [3.05, 3.63) is 59.4 Å². The number of rotatable bonds is 7. The van der Waals surface area contributed by atoms with Crippen molar-refractivity contribution < 1.29 is 22.3 Å². The van der Waals surface area contributed by atoms with Crippen LogP contribution in [0.1, 0.15) is 15.9 Å². The summed E-state index contributed by atoms with van der Waals surface area (Å²) < 4.78 is 45.2. The molecule has 6 nitrogen and oxygen atoms in total. The van der Waals surface area contributed by atoms with Gasteiger partial charge in [-0.3, -0.25) is 4.79 Å². The Morgan fingerprint density at radius 1 is 1.30 bits per heavy atom. The van der Waals surface area contributed by atoms with E-state index in [1.54, 1.807) is 13.1 Å². The number of nitrogens with zero attached hydrogens (tertiary/aromatic N) is 1. The molecule has 142 valence electrons. The fraction of sp³-hybridized carbons (Fsp3) is 0.211. The van der Waals surface area contributed by atoms with Crippen LogP contribution in [0.25, 0.3) is 0 Å². The minimum atomic E-state index is -3.80. The molecule has 0 atom stereocenters. The van der Waals surface area contributed by atoms with Crippen LogP contribution >= 0.6 is 0 Å². The van der Waals surface area contributed by atoms with E-state index in [0.29, 0.717) is 5.56 Å². The standard InChI is InChI=1S/C19H19FN2O4S/c1-4-10-21-27(24,25)16-7-5-6-15(12-16)19(23)22(2)13-14-8-9-18(26-3)17(20)11-14/h1,5-9,11-12,21H,10,13H2,2-3H3. The zero-order valence-corrected chi connectivity index (χ0v) is 15.7. The van der Waals surface area contributed by atoms with E-state index in [1.807, 2.05) is 0 Å². The lowest BCUT2D eigenvalue weighted by Crippen LogP contribution is -2.27. The van der Waals surface area contributed by atoms with E-state index < -0.39 is 21.7 Å². The quantitative estimate of drug-likeness (QED) is 0.734. The fourth-order valence-electron chi connectivity index (χ4n) is 2.39. The van der Waals surface area contributed by atoms with Gasteiger partial charge in [0, 0.05) is 19.2 Å². The molecule has 0 unspecified atom stereocenters. The molecule has 1 N–H and O–H groups in total. The van der Waals surface area contributed by atoms with Crippen LogP contribution in [-0.2, 0) is 16.6 Å². The summed E-state index contributed by atoms with van der Waals surface area (Å²) in [6.07, 6.45) is 5.06. The van der Waals surface area contributed by atoms with Crippen LogP contribution in [0.3, 0.4) is 0 Å². The zero-order chi connectivity index (χ0) is 20.0. The molecule has 1 amide bonds. The number of methoxy groups -OCH3 is 1. The summed E-state index contributed by atoms with van der Waals surface area (Å²) in [4.78, 5) is 13.9. The monoisotopic (exact) mass is 390 g/mol. The van der Waals surface area contributed by atoms with E-state index in [0.717, 1.165) is 0 Å². The number of terminal acetylenes is 1. The molecular weight excluding hydrogens is 371 g/mol. The Kier molecular flexibility index (Phi) is 6.55. The van der Waals surface area contributed by atoms with Crippen molar-refractivity contribution in [1.29, 1.82) is 0 Å². The van der Waals surface area contributed by atoms with Gasteiger partial charge in [0.25, 0.3) is 5.91 Å². The van der Waals surface area contributed by atoms with Crippen LogP contribution in [0.15, 0.2) is 47.4 Å². The summed E-state index contributed by atoms with van der Waals surface area (Å²) in [5.41, 5.74) is 0.763. The molecule has 0 saturated carbocycles.